The van der Waals surface area contributed by atoms with Gasteiger partial charge in [0.25, 0.3) is 0 Å². The molecule has 0 bridgehead atoms. The molecule has 0 heterocycles. The molecule has 0 spiro atoms. The zero-order chi connectivity index (χ0) is 15.9. The lowest BCUT2D eigenvalue weighted by Gasteiger charge is -2.09. The maximum Gasteiger partial charge on any atom is 0.308 e. The SMILES string of the molecule is CC(C)c1ccc(S(=O)(=O)NCCC(=O)OCC#N)cc1. The zero-order valence-electron chi connectivity index (χ0n) is 12.0. The topological polar surface area (TPSA) is 96.3 Å². The minimum Gasteiger partial charge on any atom is -0.450 e. The van der Waals surface area contributed by atoms with Gasteiger partial charge < -0.3 is 4.74 Å². The van der Waals surface area contributed by atoms with Crippen molar-refractivity contribution in [3.63, 3.8) is 0 Å². The minimum absolute atomic E-state index is 0.0709. The van der Waals surface area contributed by atoms with Crippen LogP contribution in [0.3, 0.4) is 0 Å². The van der Waals surface area contributed by atoms with Crippen LogP contribution in [0.1, 0.15) is 31.7 Å². The minimum atomic E-state index is -3.64. The van der Waals surface area contributed by atoms with Crippen molar-refractivity contribution < 1.29 is 17.9 Å². The maximum absolute atomic E-state index is 12.0. The van der Waals surface area contributed by atoms with Crippen LogP contribution in [-0.4, -0.2) is 27.5 Å². The molecule has 6 nitrogen and oxygen atoms in total. The van der Waals surface area contributed by atoms with Crippen molar-refractivity contribution in [1.29, 1.82) is 5.26 Å². The maximum atomic E-state index is 12.0. The van der Waals surface area contributed by atoms with Crippen molar-refractivity contribution in [3.05, 3.63) is 29.8 Å². The molecule has 21 heavy (non-hydrogen) atoms. The van der Waals surface area contributed by atoms with Gasteiger partial charge in [0.05, 0.1) is 11.3 Å². The molecule has 114 valence electrons. The first-order valence-corrected chi connectivity index (χ1v) is 7.97. The summed E-state index contributed by atoms with van der Waals surface area (Å²) in [6.45, 7) is 3.64. The van der Waals surface area contributed by atoms with E-state index >= 15 is 0 Å². The lowest BCUT2D eigenvalue weighted by molar-refractivity contribution is -0.142. The predicted octanol–water partition coefficient (Wildman–Crippen LogP) is 1.55. The van der Waals surface area contributed by atoms with Gasteiger partial charge in [0.2, 0.25) is 10.0 Å². The van der Waals surface area contributed by atoms with Gasteiger partial charge in [0.15, 0.2) is 6.61 Å². The van der Waals surface area contributed by atoms with Crippen LogP contribution >= 0.6 is 0 Å². The number of hydrogen-bond acceptors (Lipinski definition) is 5. The fraction of sp³-hybridized carbons (Fsp3) is 0.429. The Kier molecular flexibility index (Phi) is 6.34. The third-order valence-electron chi connectivity index (χ3n) is 2.78. The molecule has 0 atom stereocenters. The Labute approximate surface area is 124 Å². The van der Waals surface area contributed by atoms with Crippen LogP contribution in [0, 0.1) is 11.3 Å². The first-order chi connectivity index (χ1) is 9.86. The molecular weight excluding hydrogens is 292 g/mol. The van der Waals surface area contributed by atoms with Crippen molar-refractivity contribution in [2.24, 2.45) is 0 Å². The number of sulfonamides is 1. The van der Waals surface area contributed by atoms with Gasteiger partial charge in [-0.2, -0.15) is 5.26 Å². The largest absolute Gasteiger partial charge is 0.450 e. The number of benzene rings is 1. The number of nitrogens with one attached hydrogen (secondary N) is 1. The summed E-state index contributed by atoms with van der Waals surface area (Å²) in [5.41, 5.74) is 1.05. The molecule has 0 aliphatic heterocycles. The van der Waals surface area contributed by atoms with E-state index in [0.717, 1.165) is 5.56 Å². The Hall–Kier alpha value is -1.91. The molecule has 1 aromatic carbocycles. The molecule has 0 saturated heterocycles. The standard InChI is InChI=1S/C14H18N2O4S/c1-11(2)12-3-5-13(6-4-12)21(18,19)16-9-7-14(17)20-10-8-15/h3-6,11,16H,7,9-10H2,1-2H3. The zero-order valence-corrected chi connectivity index (χ0v) is 12.8. The molecule has 0 aliphatic rings. The second-order valence-electron chi connectivity index (χ2n) is 4.69. The summed E-state index contributed by atoms with van der Waals surface area (Å²) in [6, 6.07) is 8.26. The van der Waals surface area contributed by atoms with E-state index in [-0.39, 0.29) is 24.5 Å². The van der Waals surface area contributed by atoms with Crippen LogP contribution in [0.25, 0.3) is 0 Å². The van der Waals surface area contributed by atoms with Gasteiger partial charge in [0.1, 0.15) is 6.07 Å². The van der Waals surface area contributed by atoms with E-state index < -0.39 is 16.0 Å². The van der Waals surface area contributed by atoms with Crippen molar-refractivity contribution >= 4 is 16.0 Å². The highest BCUT2D eigenvalue weighted by molar-refractivity contribution is 7.89. The van der Waals surface area contributed by atoms with Crippen LogP contribution < -0.4 is 4.72 Å². The fourth-order valence-electron chi connectivity index (χ4n) is 1.59. The highest BCUT2D eigenvalue weighted by atomic mass is 32.2. The fourth-order valence-corrected chi connectivity index (χ4v) is 2.62. The average molecular weight is 310 g/mol. The summed E-state index contributed by atoms with van der Waals surface area (Å²) in [6.07, 6.45) is -0.120. The molecular formula is C14H18N2O4S. The third-order valence-corrected chi connectivity index (χ3v) is 4.25. The smallest absolute Gasteiger partial charge is 0.308 e. The molecule has 7 heteroatoms. The number of esters is 1. The quantitative estimate of drug-likeness (QED) is 0.771. The van der Waals surface area contributed by atoms with Crippen molar-refractivity contribution in [3.8, 4) is 6.07 Å². The van der Waals surface area contributed by atoms with Crippen LogP contribution in [0.15, 0.2) is 29.2 Å². The molecule has 0 radical (unpaired) electrons. The number of nitriles is 1. The van der Waals surface area contributed by atoms with E-state index in [2.05, 4.69) is 9.46 Å². The van der Waals surface area contributed by atoms with E-state index in [1.807, 2.05) is 13.8 Å². The molecule has 0 unspecified atom stereocenters. The van der Waals surface area contributed by atoms with E-state index in [1.54, 1.807) is 18.2 Å². The van der Waals surface area contributed by atoms with E-state index in [0.29, 0.717) is 5.92 Å². The molecule has 0 amide bonds. The number of hydrogen-bond donors (Lipinski definition) is 1. The lowest BCUT2D eigenvalue weighted by atomic mass is 10.0. The molecule has 0 aliphatic carbocycles. The van der Waals surface area contributed by atoms with E-state index in [1.165, 1.54) is 12.1 Å². The van der Waals surface area contributed by atoms with E-state index in [9.17, 15) is 13.2 Å². The van der Waals surface area contributed by atoms with Crippen LogP contribution in [0.2, 0.25) is 0 Å². The van der Waals surface area contributed by atoms with Gasteiger partial charge in [-0.3, -0.25) is 4.79 Å². The van der Waals surface area contributed by atoms with Crippen LogP contribution in [0.5, 0.6) is 0 Å². The molecule has 1 aromatic rings. The third kappa shape index (κ3) is 5.53. The second-order valence-corrected chi connectivity index (χ2v) is 6.46. The molecule has 1 rings (SSSR count). The molecule has 1 N–H and O–H groups in total. The second kappa shape index (κ2) is 7.76. The van der Waals surface area contributed by atoms with Crippen LogP contribution in [0.4, 0.5) is 0 Å². The van der Waals surface area contributed by atoms with Crippen molar-refractivity contribution in [2.45, 2.75) is 31.1 Å². The Morgan fingerprint density at radius 1 is 1.33 bits per heavy atom. The summed E-state index contributed by atoms with van der Waals surface area (Å²) in [7, 11) is -3.64. The summed E-state index contributed by atoms with van der Waals surface area (Å²) in [4.78, 5) is 11.3. The Morgan fingerprint density at radius 2 is 1.95 bits per heavy atom. The first-order valence-electron chi connectivity index (χ1n) is 6.49. The van der Waals surface area contributed by atoms with Gasteiger partial charge in [-0.25, -0.2) is 13.1 Å². The molecule has 0 fully saturated rings. The normalized spacial score (nSPS) is 11.1. The van der Waals surface area contributed by atoms with Gasteiger partial charge in [-0.1, -0.05) is 26.0 Å². The summed E-state index contributed by atoms with van der Waals surface area (Å²) < 4.78 is 30.8. The highest BCUT2D eigenvalue weighted by Gasteiger charge is 2.14. The number of rotatable bonds is 7. The Morgan fingerprint density at radius 3 is 2.48 bits per heavy atom. The van der Waals surface area contributed by atoms with Gasteiger partial charge in [-0.05, 0) is 23.6 Å². The van der Waals surface area contributed by atoms with Crippen LogP contribution in [-0.2, 0) is 19.6 Å². The number of carbonyl (C=O) groups excluding carboxylic acids is 1. The van der Waals surface area contributed by atoms with Crippen molar-refractivity contribution in [1.82, 2.24) is 4.72 Å². The summed E-state index contributed by atoms with van der Waals surface area (Å²) in [5, 5.41) is 8.24. The van der Waals surface area contributed by atoms with Gasteiger partial charge >= 0.3 is 5.97 Å². The molecule has 0 saturated carbocycles. The monoisotopic (exact) mass is 310 g/mol. The predicted molar refractivity (Wildman–Crippen MR) is 76.9 cm³/mol. The van der Waals surface area contributed by atoms with Gasteiger partial charge in [-0.15, -0.1) is 0 Å². The number of carbonyl (C=O) groups is 1. The van der Waals surface area contributed by atoms with Gasteiger partial charge in [0, 0.05) is 6.54 Å². The molecule has 0 aromatic heterocycles. The first kappa shape index (κ1) is 17.1. The summed E-state index contributed by atoms with van der Waals surface area (Å²) in [5.74, 6) is -0.293. The Balaban J connectivity index is 2.57. The van der Waals surface area contributed by atoms with E-state index in [4.69, 9.17) is 5.26 Å². The lowest BCUT2D eigenvalue weighted by Crippen LogP contribution is -2.26. The Bertz CT molecular complexity index is 615. The van der Waals surface area contributed by atoms with Crippen molar-refractivity contribution in [2.75, 3.05) is 13.2 Å². The number of nitrogens with zero attached hydrogens (tertiary/aromatic N) is 1. The average Bonchev–Trinajstić information content (AvgIpc) is 2.45. The highest BCUT2D eigenvalue weighted by Crippen LogP contribution is 2.17. The summed E-state index contributed by atoms with van der Waals surface area (Å²) >= 11 is 0. The number of ether oxygens (including phenoxy) is 1.